The van der Waals surface area contributed by atoms with Crippen molar-refractivity contribution in [2.24, 2.45) is 34.8 Å². The predicted octanol–water partition coefficient (Wildman–Crippen LogP) is 10.7. The quantitative estimate of drug-likeness (QED) is 0.0734. The maximum atomic E-state index is 14.3. The Morgan fingerprint density at radius 3 is 2.26 bits per heavy atom. The van der Waals surface area contributed by atoms with E-state index in [1.807, 2.05) is 6.07 Å². The molecular formula is C45H69N2O9P. The maximum absolute atomic E-state index is 14.3. The zero-order valence-electron chi connectivity index (χ0n) is 35.3. The Labute approximate surface area is 341 Å². The van der Waals surface area contributed by atoms with Gasteiger partial charge in [-0.1, -0.05) is 79.2 Å². The highest BCUT2D eigenvalue weighted by Gasteiger charge is 2.55. The Morgan fingerprint density at radius 2 is 1.65 bits per heavy atom. The number of aromatic hydroxyl groups is 1. The fraction of sp³-hybridized carbons (Fsp3) is 0.689. The summed E-state index contributed by atoms with van der Waals surface area (Å²) in [7, 11) is -2.48. The van der Waals surface area contributed by atoms with Gasteiger partial charge in [0.15, 0.2) is 5.75 Å². The molecule has 3 aliphatic carbocycles. The maximum Gasteiger partial charge on any atom is 0.530 e. The van der Waals surface area contributed by atoms with Crippen molar-refractivity contribution in [1.29, 1.82) is 0 Å². The molecule has 7 atom stereocenters. The summed E-state index contributed by atoms with van der Waals surface area (Å²) < 4.78 is 44.4. The number of nitrogens with two attached hydrogens (primary N) is 1. The second kappa shape index (κ2) is 20.7. The summed E-state index contributed by atoms with van der Waals surface area (Å²) in [6, 6.07) is 9.19. The molecule has 0 spiro atoms. The number of anilines is 1. The predicted molar refractivity (Wildman–Crippen MR) is 224 cm³/mol. The number of hydrogen-bond acceptors (Lipinski definition) is 9. The second-order valence-electron chi connectivity index (χ2n) is 16.9. The number of amides is 2. The Morgan fingerprint density at radius 1 is 0.965 bits per heavy atom. The monoisotopic (exact) mass is 812 g/mol. The molecule has 2 fully saturated rings. The van der Waals surface area contributed by atoms with Gasteiger partial charge < -0.3 is 30.2 Å². The number of rotatable bonds is 23. The van der Waals surface area contributed by atoms with E-state index in [0.717, 1.165) is 89.9 Å². The minimum atomic E-state index is -3.85. The number of phosphoric acid groups is 1. The molecule has 2 unspecified atom stereocenters. The fourth-order valence-corrected chi connectivity index (χ4v) is 11.2. The van der Waals surface area contributed by atoms with Gasteiger partial charge in [-0.15, -0.1) is 0 Å². The average molecular weight is 813 g/mol. The number of nitrogens with one attached hydrogen (secondary N) is 1. The zero-order valence-corrected chi connectivity index (χ0v) is 36.2. The summed E-state index contributed by atoms with van der Waals surface area (Å²) in [5.74, 6) is 1.21. The summed E-state index contributed by atoms with van der Waals surface area (Å²) in [6.45, 7) is 12.0. The van der Waals surface area contributed by atoms with Crippen molar-refractivity contribution < 1.29 is 42.3 Å². The third-order valence-corrected chi connectivity index (χ3v) is 14.7. The number of primary amides is 1. The molecule has 0 saturated heterocycles. The summed E-state index contributed by atoms with van der Waals surface area (Å²) in [4.78, 5) is 24.7. The molecule has 0 aliphatic heterocycles. The van der Waals surface area contributed by atoms with Gasteiger partial charge in [-0.2, -0.15) is 0 Å². The van der Waals surface area contributed by atoms with Gasteiger partial charge in [-0.25, -0.2) is 4.57 Å². The van der Waals surface area contributed by atoms with E-state index in [9.17, 15) is 19.3 Å². The molecule has 5 rings (SSSR count). The number of phenols is 1. The van der Waals surface area contributed by atoms with Gasteiger partial charge in [-0.05, 0) is 122 Å². The van der Waals surface area contributed by atoms with Gasteiger partial charge in [0.05, 0.1) is 45.1 Å². The number of methoxy groups -OCH3 is 1. The first-order valence-corrected chi connectivity index (χ1v) is 23.2. The number of carbonyl (C=O) groups is 2. The number of ether oxygens (including phenoxy) is 2. The van der Waals surface area contributed by atoms with E-state index in [4.69, 9.17) is 28.8 Å². The molecule has 57 heavy (non-hydrogen) atoms. The van der Waals surface area contributed by atoms with Crippen LogP contribution in [0.25, 0.3) is 0 Å². The van der Waals surface area contributed by atoms with Gasteiger partial charge in [0, 0.05) is 0 Å². The standard InChI is InChI=1S/C45H69N2O9P/c1-7-11-13-30(9-3)28-54-57(51,55-29-31(10-4)14-12-8-2)56-33-16-18-34-32(27-33)15-17-36-35(34)23-25-45(5)37(36)19-22-40(45)53-26-24-41(48)47-38-20-21-39(52-6)42(43(38)49)44(46)50/h16,18,20-21,27,30-31,35-37,40,49H,7-15,17,19,22-26,28-29H2,1-6H3,(H2,46,50)(H,47,48)/t30?,31?,35-,36-,37+,40+,45+,57?/m1/s1. The Kier molecular flexibility index (Phi) is 16.4. The van der Waals surface area contributed by atoms with Crippen molar-refractivity contribution in [3.05, 3.63) is 47.0 Å². The van der Waals surface area contributed by atoms with Crippen molar-refractivity contribution in [3.8, 4) is 17.2 Å². The highest BCUT2D eigenvalue weighted by molar-refractivity contribution is 7.48. The molecule has 0 heterocycles. The molecule has 318 valence electrons. The van der Waals surface area contributed by atoms with Gasteiger partial charge in [0.2, 0.25) is 5.91 Å². The second-order valence-corrected chi connectivity index (χ2v) is 18.5. The normalized spacial score (nSPS) is 24.7. The van der Waals surface area contributed by atoms with Crippen LogP contribution in [0.1, 0.15) is 152 Å². The lowest BCUT2D eigenvalue weighted by Gasteiger charge is -2.50. The van der Waals surface area contributed by atoms with Crippen LogP contribution in [0, 0.1) is 29.1 Å². The van der Waals surface area contributed by atoms with E-state index < -0.39 is 19.5 Å². The number of carbonyl (C=O) groups excluding carboxylic acids is 2. The molecule has 2 aromatic rings. The molecule has 4 N–H and O–H groups in total. The Hall–Kier alpha value is -3.11. The van der Waals surface area contributed by atoms with Crippen LogP contribution in [0.2, 0.25) is 0 Å². The van der Waals surface area contributed by atoms with Crippen molar-refractivity contribution in [2.75, 3.05) is 32.2 Å². The number of fused-ring (bicyclic) bond motifs is 5. The number of hydrogen-bond donors (Lipinski definition) is 3. The van der Waals surface area contributed by atoms with Crippen LogP contribution in [0.5, 0.6) is 17.2 Å². The van der Waals surface area contributed by atoms with Gasteiger partial charge >= 0.3 is 7.82 Å². The summed E-state index contributed by atoms with van der Waals surface area (Å²) >= 11 is 0. The minimum Gasteiger partial charge on any atom is -0.505 e. The number of unbranched alkanes of at least 4 members (excludes halogenated alkanes) is 2. The van der Waals surface area contributed by atoms with Crippen LogP contribution < -0.4 is 20.3 Å². The molecule has 0 radical (unpaired) electrons. The lowest BCUT2D eigenvalue weighted by Crippen LogP contribution is -2.44. The van der Waals surface area contributed by atoms with Crippen LogP contribution in [0.3, 0.4) is 0 Å². The third-order valence-electron chi connectivity index (χ3n) is 13.4. The minimum absolute atomic E-state index is 0.0190. The fourth-order valence-electron chi connectivity index (χ4n) is 9.84. The molecular weight excluding hydrogens is 743 g/mol. The lowest BCUT2D eigenvalue weighted by molar-refractivity contribution is -0.119. The lowest BCUT2D eigenvalue weighted by atomic mass is 9.55. The third kappa shape index (κ3) is 10.9. The summed E-state index contributed by atoms with van der Waals surface area (Å²) in [6.07, 6.45) is 14.7. The average Bonchev–Trinajstić information content (AvgIpc) is 3.54. The van der Waals surface area contributed by atoms with Gasteiger partial charge in [0.25, 0.3) is 5.91 Å². The summed E-state index contributed by atoms with van der Waals surface area (Å²) in [5, 5.41) is 13.3. The number of phosphoric ester groups is 1. The highest BCUT2D eigenvalue weighted by Crippen LogP contribution is 2.62. The van der Waals surface area contributed by atoms with Gasteiger partial charge in [-0.3, -0.25) is 18.6 Å². The smallest absolute Gasteiger partial charge is 0.505 e. The van der Waals surface area contributed by atoms with Crippen molar-refractivity contribution in [2.45, 2.75) is 143 Å². The summed E-state index contributed by atoms with van der Waals surface area (Å²) in [5.41, 5.74) is 7.99. The molecule has 2 saturated carbocycles. The molecule has 0 bridgehead atoms. The van der Waals surface area contributed by atoms with E-state index >= 15 is 0 Å². The van der Waals surface area contributed by atoms with E-state index in [1.54, 1.807) is 0 Å². The van der Waals surface area contributed by atoms with Crippen LogP contribution in [-0.4, -0.2) is 50.0 Å². The van der Waals surface area contributed by atoms with E-state index in [0.29, 0.717) is 48.6 Å². The number of aryl methyl sites for hydroxylation is 1. The zero-order chi connectivity index (χ0) is 41.2. The SMILES string of the molecule is CCCCC(CC)COP(=O)(OCC(CC)CCCC)Oc1ccc2c(c1)CC[C@@H]1[C@@H]2CC[C@]2(C)[C@@H](OCCC(=O)Nc3ccc(OC)c(C(N)=O)c3O)CC[C@@H]12. The molecule has 3 aliphatic rings. The van der Waals surface area contributed by atoms with Crippen molar-refractivity contribution in [1.82, 2.24) is 0 Å². The first-order chi connectivity index (χ1) is 27.4. The molecule has 12 heteroatoms. The molecule has 11 nitrogen and oxygen atoms in total. The van der Waals surface area contributed by atoms with Crippen molar-refractivity contribution in [3.63, 3.8) is 0 Å². The van der Waals surface area contributed by atoms with E-state index in [1.165, 1.54) is 30.4 Å². The molecule has 2 aromatic carbocycles. The Balaban J connectivity index is 1.20. The van der Waals surface area contributed by atoms with Crippen LogP contribution in [-0.2, 0) is 29.6 Å². The van der Waals surface area contributed by atoms with Gasteiger partial charge in [0.1, 0.15) is 17.1 Å². The molecule has 0 aromatic heterocycles. The van der Waals surface area contributed by atoms with Crippen molar-refractivity contribution >= 4 is 25.3 Å². The Bertz CT molecular complexity index is 1680. The van der Waals surface area contributed by atoms with Crippen LogP contribution in [0.4, 0.5) is 5.69 Å². The molecule has 2 amide bonds. The first-order valence-electron chi connectivity index (χ1n) is 21.7. The van der Waals surface area contributed by atoms with Crippen LogP contribution in [0.15, 0.2) is 30.3 Å². The largest absolute Gasteiger partial charge is 0.530 e. The van der Waals surface area contributed by atoms with Crippen LogP contribution >= 0.6 is 7.82 Å². The van der Waals surface area contributed by atoms with E-state index in [2.05, 4.69) is 52.1 Å². The topological polar surface area (TPSA) is 156 Å². The first kappa shape index (κ1) is 45.0. The van der Waals surface area contributed by atoms with E-state index in [-0.39, 0.29) is 47.5 Å². The number of benzene rings is 2. The highest BCUT2D eigenvalue weighted by atomic mass is 31.2.